The molecule has 0 aliphatic heterocycles. The second-order valence-electron chi connectivity index (χ2n) is 5.47. The van der Waals surface area contributed by atoms with Crippen LogP contribution in [-0.2, 0) is 14.3 Å². The van der Waals surface area contributed by atoms with Crippen LogP contribution in [-0.4, -0.2) is 41.4 Å². The lowest BCUT2D eigenvalue weighted by molar-refractivity contribution is -0.133. The summed E-state index contributed by atoms with van der Waals surface area (Å²) < 4.78 is 34.8. The van der Waals surface area contributed by atoms with E-state index in [-0.39, 0.29) is 16.5 Å². The lowest BCUT2D eigenvalue weighted by atomic mass is 10.1. The molecule has 7 nitrogen and oxygen atoms in total. The molecule has 0 saturated heterocycles. The van der Waals surface area contributed by atoms with E-state index in [1.54, 1.807) is 20.8 Å². The fourth-order valence-corrected chi connectivity index (χ4v) is 1.73. The first-order valence-corrected chi connectivity index (χ1v) is 7.03. The Kier molecular flexibility index (Phi) is 6.59. The zero-order valence-electron chi connectivity index (χ0n) is 13.4. The largest absolute Gasteiger partial charge is 0.465 e. The molecule has 1 amide bonds. The third-order valence-corrected chi connectivity index (χ3v) is 2.65. The van der Waals surface area contributed by atoms with E-state index in [1.165, 1.54) is 0 Å². The smallest absolute Gasteiger partial charge is 0.413 e. The molecule has 0 atom stereocenters. The normalized spacial score (nSPS) is 12.1. The van der Waals surface area contributed by atoms with Gasteiger partial charge in [0.2, 0.25) is 0 Å². The quantitative estimate of drug-likeness (QED) is 0.652. The van der Waals surface area contributed by atoms with Crippen LogP contribution >= 0.6 is 11.6 Å². The molecule has 0 unspecified atom stereocenters. The van der Waals surface area contributed by atoms with Gasteiger partial charge < -0.3 is 9.47 Å². The van der Waals surface area contributed by atoms with Crippen molar-refractivity contribution in [3.05, 3.63) is 22.9 Å². The first-order valence-electron chi connectivity index (χ1n) is 6.65. The van der Waals surface area contributed by atoms with Crippen LogP contribution < -0.4 is 5.32 Å². The SMILES string of the molecule is COC(=O)C(=CC(F)F)c1cc(NC(=O)OC(C)(C)C)nnc1Cl. The topological polar surface area (TPSA) is 90.4 Å². The third-order valence-electron chi connectivity index (χ3n) is 2.37. The van der Waals surface area contributed by atoms with Crippen molar-refractivity contribution >= 4 is 35.1 Å². The Morgan fingerprint density at radius 3 is 2.46 bits per heavy atom. The number of hydrogen-bond acceptors (Lipinski definition) is 6. The van der Waals surface area contributed by atoms with Gasteiger partial charge in [-0.15, -0.1) is 10.2 Å². The molecule has 0 aliphatic rings. The van der Waals surface area contributed by atoms with Crippen molar-refractivity contribution in [1.29, 1.82) is 0 Å². The van der Waals surface area contributed by atoms with E-state index >= 15 is 0 Å². The molecule has 10 heteroatoms. The van der Waals surface area contributed by atoms with Gasteiger partial charge in [0.1, 0.15) is 5.60 Å². The molecule has 1 heterocycles. The van der Waals surface area contributed by atoms with Crippen LogP contribution in [0.1, 0.15) is 26.3 Å². The zero-order valence-corrected chi connectivity index (χ0v) is 14.1. The fraction of sp³-hybridized carbons (Fsp3) is 0.429. The number of ether oxygens (including phenoxy) is 2. The van der Waals surface area contributed by atoms with Crippen LogP contribution in [0.5, 0.6) is 0 Å². The summed E-state index contributed by atoms with van der Waals surface area (Å²) in [4.78, 5) is 23.4. The molecule has 24 heavy (non-hydrogen) atoms. The molecule has 0 radical (unpaired) electrons. The van der Waals surface area contributed by atoms with E-state index in [2.05, 4.69) is 20.3 Å². The number of nitrogens with zero attached hydrogens (tertiary/aromatic N) is 2. The molecule has 0 aromatic carbocycles. The number of amides is 1. The van der Waals surface area contributed by atoms with Gasteiger partial charge in [-0.2, -0.15) is 0 Å². The van der Waals surface area contributed by atoms with E-state index in [9.17, 15) is 18.4 Å². The molecular weight excluding hydrogens is 348 g/mol. The van der Waals surface area contributed by atoms with Gasteiger partial charge in [0, 0.05) is 5.56 Å². The Morgan fingerprint density at radius 1 is 1.33 bits per heavy atom. The van der Waals surface area contributed by atoms with Crippen LogP contribution in [0.3, 0.4) is 0 Å². The summed E-state index contributed by atoms with van der Waals surface area (Å²) in [5.74, 6) is -1.17. The molecule has 1 N–H and O–H groups in total. The zero-order chi connectivity index (χ0) is 18.5. The molecule has 1 rings (SSSR count). The maximum atomic E-state index is 12.6. The molecule has 132 valence electrons. The van der Waals surface area contributed by atoms with Crippen molar-refractivity contribution in [1.82, 2.24) is 10.2 Å². The van der Waals surface area contributed by atoms with Gasteiger partial charge in [-0.1, -0.05) is 11.6 Å². The van der Waals surface area contributed by atoms with Gasteiger partial charge in [-0.05, 0) is 32.9 Å². The number of rotatable bonds is 4. The van der Waals surface area contributed by atoms with Crippen molar-refractivity contribution < 1.29 is 27.8 Å². The number of carbonyl (C=O) groups excluding carboxylic acids is 2. The Bertz CT molecular complexity index is 660. The third kappa shape index (κ3) is 6.07. The van der Waals surface area contributed by atoms with Gasteiger partial charge in [0.05, 0.1) is 12.7 Å². The Labute approximate surface area is 142 Å². The van der Waals surface area contributed by atoms with Gasteiger partial charge in [0.25, 0.3) is 6.43 Å². The summed E-state index contributed by atoms with van der Waals surface area (Å²) in [7, 11) is 1.03. The molecule has 1 aromatic heterocycles. The lowest BCUT2D eigenvalue weighted by Gasteiger charge is -2.19. The van der Waals surface area contributed by atoms with Crippen molar-refractivity contribution in [3.8, 4) is 0 Å². The highest BCUT2D eigenvalue weighted by Gasteiger charge is 2.21. The van der Waals surface area contributed by atoms with Crippen LogP contribution in [0.25, 0.3) is 5.57 Å². The summed E-state index contributed by atoms with van der Waals surface area (Å²) in [6.45, 7) is 4.98. The van der Waals surface area contributed by atoms with E-state index < -0.39 is 29.7 Å². The summed E-state index contributed by atoms with van der Waals surface area (Å²) in [5.41, 5.74) is -1.41. The van der Waals surface area contributed by atoms with E-state index in [0.29, 0.717) is 6.08 Å². The number of nitrogens with one attached hydrogen (secondary N) is 1. The fourth-order valence-electron chi connectivity index (χ4n) is 1.54. The minimum atomic E-state index is -2.93. The van der Waals surface area contributed by atoms with Crippen molar-refractivity contribution in [2.45, 2.75) is 32.8 Å². The average Bonchev–Trinajstić information content (AvgIpc) is 2.44. The number of allylic oxidation sites excluding steroid dienone is 1. The Morgan fingerprint density at radius 2 is 1.96 bits per heavy atom. The highest BCUT2D eigenvalue weighted by Crippen LogP contribution is 2.26. The number of esters is 1. The van der Waals surface area contributed by atoms with Gasteiger partial charge >= 0.3 is 12.1 Å². The predicted molar refractivity (Wildman–Crippen MR) is 82.9 cm³/mol. The number of alkyl halides is 2. The minimum absolute atomic E-state index is 0.132. The summed E-state index contributed by atoms with van der Waals surface area (Å²) in [6.07, 6.45) is -3.39. The van der Waals surface area contributed by atoms with Gasteiger partial charge in [-0.3, -0.25) is 5.32 Å². The number of halogens is 3. The second-order valence-corrected chi connectivity index (χ2v) is 5.83. The number of aromatic nitrogens is 2. The molecular formula is C14H16ClF2N3O4. The van der Waals surface area contributed by atoms with Crippen LogP contribution in [0, 0.1) is 0 Å². The summed E-state index contributed by atoms with van der Waals surface area (Å²) in [5, 5.41) is 9.09. The molecule has 0 saturated carbocycles. The highest BCUT2D eigenvalue weighted by atomic mass is 35.5. The highest BCUT2D eigenvalue weighted by molar-refractivity contribution is 6.33. The summed E-state index contributed by atoms with van der Waals surface area (Å²) in [6, 6.07) is 1.12. The number of carbonyl (C=O) groups is 2. The maximum absolute atomic E-state index is 12.6. The lowest BCUT2D eigenvalue weighted by Crippen LogP contribution is -2.27. The number of hydrogen-bond donors (Lipinski definition) is 1. The number of methoxy groups -OCH3 is 1. The van der Waals surface area contributed by atoms with E-state index in [1.807, 2.05) is 0 Å². The standard InChI is InChI=1S/C14H16ClF2N3O4/c1-14(2,3)24-13(22)18-10-6-7(11(15)20-19-10)8(5-9(16)17)12(21)23-4/h5-6,9H,1-4H3,(H,18,19,22). The molecule has 1 aromatic rings. The van der Waals surface area contributed by atoms with E-state index in [0.717, 1.165) is 13.2 Å². The second kappa shape index (κ2) is 8.00. The predicted octanol–water partition coefficient (Wildman–Crippen LogP) is 3.30. The number of anilines is 1. The molecule has 0 aliphatic carbocycles. The van der Waals surface area contributed by atoms with E-state index in [4.69, 9.17) is 16.3 Å². The maximum Gasteiger partial charge on any atom is 0.413 e. The first kappa shape index (κ1) is 19.8. The van der Waals surface area contributed by atoms with Crippen LogP contribution in [0.2, 0.25) is 5.15 Å². The van der Waals surface area contributed by atoms with Crippen molar-refractivity contribution in [2.24, 2.45) is 0 Å². The molecule has 0 bridgehead atoms. The summed E-state index contributed by atoms with van der Waals surface area (Å²) >= 11 is 5.81. The van der Waals surface area contributed by atoms with Crippen LogP contribution in [0.15, 0.2) is 12.1 Å². The Balaban J connectivity index is 3.17. The minimum Gasteiger partial charge on any atom is -0.465 e. The van der Waals surface area contributed by atoms with Gasteiger partial charge in [0.15, 0.2) is 11.0 Å². The first-order chi connectivity index (χ1) is 11.0. The Hall–Kier alpha value is -2.29. The monoisotopic (exact) mass is 363 g/mol. The van der Waals surface area contributed by atoms with Gasteiger partial charge in [-0.25, -0.2) is 18.4 Å². The van der Waals surface area contributed by atoms with Crippen molar-refractivity contribution in [3.63, 3.8) is 0 Å². The van der Waals surface area contributed by atoms with Crippen LogP contribution in [0.4, 0.5) is 19.4 Å². The average molecular weight is 364 g/mol. The molecule has 0 spiro atoms. The molecule has 0 fully saturated rings. The van der Waals surface area contributed by atoms with Crippen molar-refractivity contribution in [2.75, 3.05) is 12.4 Å².